The van der Waals surface area contributed by atoms with Crippen LogP contribution < -0.4 is 0 Å². The van der Waals surface area contributed by atoms with Crippen molar-refractivity contribution in [1.82, 2.24) is 20.1 Å². The third-order valence-electron chi connectivity index (χ3n) is 5.44. The van der Waals surface area contributed by atoms with Gasteiger partial charge in [0.05, 0.1) is 24.4 Å². The van der Waals surface area contributed by atoms with Crippen LogP contribution in [0.25, 0.3) is 11.1 Å². The summed E-state index contributed by atoms with van der Waals surface area (Å²) in [5.74, 6) is -0.388. The predicted octanol–water partition coefficient (Wildman–Crippen LogP) is 4.22. The van der Waals surface area contributed by atoms with Crippen molar-refractivity contribution in [3.05, 3.63) is 71.6 Å². The van der Waals surface area contributed by atoms with E-state index in [4.69, 9.17) is 0 Å². The number of carbonyl (C=O) groups is 1. The van der Waals surface area contributed by atoms with Crippen molar-refractivity contribution in [1.29, 1.82) is 0 Å². The summed E-state index contributed by atoms with van der Waals surface area (Å²) in [6.45, 7) is 2.69. The van der Waals surface area contributed by atoms with Crippen molar-refractivity contribution in [3.8, 4) is 11.1 Å². The third kappa shape index (κ3) is 3.54. The molecule has 1 aliphatic rings. The summed E-state index contributed by atoms with van der Waals surface area (Å²) in [5, 5.41) is 7.39. The Kier molecular flexibility index (Phi) is 5.19. The van der Waals surface area contributed by atoms with Crippen LogP contribution in [0.15, 0.2) is 48.9 Å². The number of H-pyrrole nitrogens is 1. The molecule has 4 rings (SSSR count). The molecule has 1 unspecified atom stereocenters. The number of benzene rings is 1. The zero-order valence-electron chi connectivity index (χ0n) is 15.9. The number of nitrogens with one attached hydrogen (secondary N) is 1. The van der Waals surface area contributed by atoms with Gasteiger partial charge < -0.3 is 4.90 Å². The quantitative estimate of drug-likeness (QED) is 0.740. The second kappa shape index (κ2) is 7.92. The highest BCUT2D eigenvalue weighted by Gasteiger charge is 2.31. The first-order chi connectivity index (χ1) is 13.6. The summed E-state index contributed by atoms with van der Waals surface area (Å²) in [4.78, 5) is 19.1. The Morgan fingerprint density at radius 3 is 2.89 bits per heavy atom. The molecule has 1 fully saturated rings. The maximum atomic E-state index is 14.0. The molecule has 0 radical (unpaired) electrons. The summed E-state index contributed by atoms with van der Waals surface area (Å²) in [7, 11) is 0. The molecule has 6 heteroatoms. The fraction of sp³-hybridized carbons (Fsp3) is 0.318. The fourth-order valence-electron chi connectivity index (χ4n) is 3.98. The van der Waals surface area contributed by atoms with E-state index in [1.54, 1.807) is 24.4 Å². The first-order valence-corrected chi connectivity index (χ1v) is 9.62. The fourth-order valence-corrected chi connectivity index (χ4v) is 3.98. The highest BCUT2D eigenvalue weighted by molar-refractivity contribution is 5.80. The number of rotatable bonds is 4. The lowest BCUT2D eigenvalue weighted by Gasteiger charge is -2.36. The molecule has 3 aromatic rings. The summed E-state index contributed by atoms with van der Waals surface area (Å²) in [5.41, 5.74) is 4.49. The number of aromatic amines is 1. The van der Waals surface area contributed by atoms with E-state index in [1.165, 1.54) is 6.07 Å². The zero-order valence-corrected chi connectivity index (χ0v) is 15.9. The smallest absolute Gasteiger partial charge is 0.227 e. The van der Waals surface area contributed by atoms with E-state index in [2.05, 4.69) is 15.2 Å². The third-order valence-corrected chi connectivity index (χ3v) is 5.44. The number of carbonyl (C=O) groups excluding carboxylic acids is 1. The molecule has 1 aliphatic heterocycles. The molecule has 1 aromatic carbocycles. The lowest BCUT2D eigenvalue weighted by atomic mass is 9.93. The van der Waals surface area contributed by atoms with Gasteiger partial charge in [0.15, 0.2) is 0 Å². The number of aryl methyl sites for hydroxylation is 1. The maximum absolute atomic E-state index is 14.0. The molecule has 1 saturated heterocycles. The van der Waals surface area contributed by atoms with Crippen LogP contribution in [0, 0.1) is 12.7 Å². The minimum absolute atomic E-state index is 0.0539. The molecule has 0 spiro atoms. The lowest BCUT2D eigenvalue weighted by Crippen LogP contribution is -2.39. The van der Waals surface area contributed by atoms with Crippen molar-refractivity contribution >= 4 is 5.91 Å². The Morgan fingerprint density at radius 1 is 1.21 bits per heavy atom. The number of amides is 1. The van der Waals surface area contributed by atoms with Crippen LogP contribution in [0.2, 0.25) is 0 Å². The molecule has 1 atom stereocenters. The molecule has 3 heterocycles. The van der Waals surface area contributed by atoms with Crippen LogP contribution in [0.3, 0.4) is 0 Å². The number of halogens is 1. The highest BCUT2D eigenvalue weighted by atomic mass is 19.1. The molecule has 0 bridgehead atoms. The second-order valence-corrected chi connectivity index (χ2v) is 7.25. The Bertz CT molecular complexity index is 984. The van der Waals surface area contributed by atoms with Gasteiger partial charge in [-0.2, -0.15) is 5.10 Å². The SMILES string of the molecule is Cc1cnccc1-c1cn[nH]c1C1CCCCN1C(=O)Cc1ccccc1F. The number of nitrogens with zero attached hydrogens (tertiary/aromatic N) is 3. The van der Waals surface area contributed by atoms with Gasteiger partial charge in [0, 0.05) is 24.5 Å². The number of hydrogen-bond acceptors (Lipinski definition) is 3. The van der Waals surface area contributed by atoms with Gasteiger partial charge in [-0.15, -0.1) is 0 Å². The molecule has 144 valence electrons. The molecule has 0 aliphatic carbocycles. The Balaban J connectivity index is 1.64. The number of likely N-dealkylation sites (tertiary alicyclic amines) is 1. The normalized spacial score (nSPS) is 16.9. The number of piperidine rings is 1. The molecule has 0 saturated carbocycles. The van der Waals surface area contributed by atoms with Gasteiger partial charge in [-0.25, -0.2) is 4.39 Å². The predicted molar refractivity (Wildman–Crippen MR) is 105 cm³/mol. The summed E-state index contributed by atoms with van der Waals surface area (Å²) >= 11 is 0. The average molecular weight is 378 g/mol. The van der Waals surface area contributed by atoms with Crippen molar-refractivity contribution in [3.63, 3.8) is 0 Å². The van der Waals surface area contributed by atoms with E-state index in [9.17, 15) is 9.18 Å². The highest BCUT2D eigenvalue weighted by Crippen LogP contribution is 2.36. The number of hydrogen-bond donors (Lipinski definition) is 1. The van der Waals surface area contributed by atoms with E-state index in [1.807, 2.05) is 30.3 Å². The molecule has 1 amide bonds. The van der Waals surface area contributed by atoms with Gasteiger partial charge in [-0.3, -0.25) is 14.9 Å². The Hall–Kier alpha value is -3.02. The Morgan fingerprint density at radius 2 is 2.07 bits per heavy atom. The molecule has 5 nitrogen and oxygen atoms in total. The van der Waals surface area contributed by atoms with Crippen molar-refractivity contribution in [2.75, 3.05) is 6.54 Å². The Labute approximate surface area is 163 Å². The molecular formula is C22H23FN4O. The number of pyridine rings is 1. The zero-order chi connectivity index (χ0) is 19.5. The van der Waals surface area contributed by atoms with Gasteiger partial charge in [-0.1, -0.05) is 18.2 Å². The summed E-state index contributed by atoms with van der Waals surface area (Å²) < 4.78 is 14.0. The molecule has 1 N–H and O–H groups in total. The van der Waals surface area contributed by atoms with Gasteiger partial charge >= 0.3 is 0 Å². The van der Waals surface area contributed by atoms with Crippen LogP contribution >= 0.6 is 0 Å². The van der Waals surface area contributed by atoms with Crippen molar-refractivity contribution in [2.24, 2.45) is 0 Å². The van der Waals surface area contributed by atoms with Crippen molar-refractivity contribution < 1.29 is 9.18 Å². The molecular weight excluding hydrogens is 355 g/mol. The first-order valence-electron chi connectivity index (χ1n) is 9.62. The second-order valence-electron chi connectivity index (χ2n) is 7.25. The summed E-state index contributed by atoms with van der Waals surface area (Å²) in [6.07, 6.45) is 8.34. The van der Waals surface area contributed by atoms with E-state index in [0.29, 0.717) is 12.1 Å². The van der Waals surface area contributed by atoms with Crippen LogP contribution in [-0.4, -0.2) is 32.5 Å². The van der Waals surface area contributed by atoms with Gasteiger partial charge in [0.25, 0.3) is 0 Å². The van der Waals surface area contributed by atoms with Crippen LogP contribution in [0.5, 0.6) is 0 Å². The minimum Gasteiger partial charge on any atom is -0.334 e. The maximum Gasteiger partial charge on any atom is 0.227 e. The standard InChI is InChI=1S/C22H23FN4O/c1-15-13-24-10-9-17(15)18-14-25-26-22(18)20-8-4-5-11-27(20)21(28)12-16-6-2-3-7-19(16)23/h2-3,6-7,9-10,13-14,20H,4-5,8,11-12H2,1H3,(H,25,26). The topological polar surface area (TPSA) is 61.9 Å². The minimum atomic E-state index is -0.334. The van der Waals surface area contributed by atoms with Gasteiger partial charge in [0.1, 0.15) is 5.82 Å². The molecule has 2 aromatic heterocycles. The summed E-state index contributed by atoms with van der Waals surface area (Å²) in [6, 6.07) is 8.36. The molecule has 28 heavy (non-hydrogen) atoms. The van der Waals surface area contributed by atoms with E-state index in [0.717, 1.165) is 41.6 Å². The van der Waals surface area contributed by atoms with Crippen LogP contribution in [0.4, 0.5) is 4.39 Å². The van der Waals surface area contributed by atoms with Crippen LogP contribution in [-0.2, 0) is 11.2 Å². The van der Waals surface area contributed by atoms with E-state index < -0.39 is 0 Å². The van der Waals surface area contributed by atoms with Crippen molar-refractivity contribution in [2.45, 2.75) is 38.6 Å². The van der Waals surface area contributed by atoms with E-state index in [-0.39, 0.29) is 24.2 Å². The average Bonchev–Trinajstić information content (AvgIpc) is 3.19. The monoisotopic (exact) mass is 378 g/mol. The first kappa shape index (κ1) is 18.3. The van der Waals surface area contributed by atoms with E-state index >= 15 is 0 Å². The van der Waals surface area contributed by atoms with Gasteiger partial charge in [-0.05, 0) is 55.0 Å². The lowest BCUT2D eigenvalue weighted by molar-refractivity contribution is -0.134. The largest absolute Gasteiger partial charge is 0.334 e. The number of aromatic nitrogens is 3. The van der Waals surface area contributed by atoms with Crippen LogP contribution in [0.1, 0.15) is 42.1 Å². The van der Waals surface area contributed by atoms with Gasteiger partial charge in [0.2, 0.25) is 5.91 Å².